The normalized spacial score (nSPS) is 10.4. The van der Waals surface area contributed by atoms with Gasteiger partial charge < -0.3 is 10.6 Å². The second-order valence-electron chi connectivity index (χ2n) is 4.77. The average Bonchev–Trinajstić information content (AvgIpc) is 2.54. The largest absolute Gasteiger partial charge is 0.382 e. The molecule has 0 spiro atoms. The first-order valence-corrected chi connectivity index (χ1v) is 7.24. The zero-order valence-electron chi connectivity index (χ0n) is 12.0. The highest BCUT2D eigenvalue weighted by atomic mass is 35.5. The van der Waals surface area contributed by atoms with Crippen molar-refractivity contribution in [3.05, 3.63) is 64.4 Å². The Morgan fingerprint density at radius 1 is 1.04 bits per heavy atom. The predicted octanol–water partition coefficient (Wildman–Crippen LogP) is 3.88. The van der Waals surface area contributed by atoms with Gasteiger partial charge in [0.1, 0.15) is 0 Å². The minimum absolute atomic E-state index is 0.0445. The van der Waals surface area contributed by atoms with E-state index in [9.17, 15) is 18.0 Å². The van der Waals surface area contributed by atoms with Crippen LogP contribution in [0, 0.1) is 17.5 Å². The molecule has 7 heteroatoms. The zero-order chi connectivity index (χ0) is 16.8. The lowest BCUT2D eigenvalue weighted by Crippen LogP contribution is -2.25. The third-order valence-corrected chi connectivity index (χ3v) is 3.51. The fraction of sp³-hybridized carbons (Fsp3) is 0.188. The number of hydrogen-bond donors (Lipinski definition) is 2. The van der Waals surface area contributed by atoms with Crippen molar-refractivity contribution < 1.29 is 18.0 Å². The van der Waals surface area contributed by atoms with E-state index in [2.05, 4.69) is 10.6 Å². The van der Waals surface area contributed by atoms with Crippen LogP contribution in [0.2, 0.25) is 5.02 Å². The highest BCUT2D eigenvalue weighted by Crippen LogP contribution is 2.19. The van der Waals surface area contributed by atoms with Crippen LogP contribution in [-0.2, 0) is 11.3 Å². The molecular weight excluding hydrogens is 329 g/mol. The van der Waals surface area contributed by atoms with Gasteiger partial charge >= 0.3 is 0 Å². The Balaban J connectivity index is 1.79. The van der Waals surface area contributed by atoms with Crippen molar-refractivity contribution in [3.8, 4) is 0 Å². The maximum atomic E-state index is 13.4. The molecule has 2 rings (SSSR count). The Morgan fingerprint density at radius 3 is 2.52 bits per heavy atom. The smallest absolute Gasteiger partial charge is 0.222 e. The summed E-state index contributed by atoms with van der Waals surface area (Å²) in [5.74, 6) is -4.38. The summed E-state index contributed by atoms with van der Waals surface area (Å²) in [5.41, 5.74) is 0.588. The lowest BCUT2D eigenvalue weighted by atomic mass is 10.2. The molecule has 0 aliphatic heterocycles. The quantitative estimate of drug-likeness (QED) is 0.782. The molecule has 0 aromatic heterocycles. The van der Waals surface area contributed by atoms with Crippen molar-refractivity contribution in [2.24, 2.45) is 0 Å². The second-order valence-corrected chi connectivity index (χ2v) is 5.18. The maximum Gasteiger partial charge on any atom is 0.222 e. The van der Waals surface area contributed by atoms with Crippen molar-refractivity contribution in [2.45, 2.75) is 13.0 Å². The van der Waals surface area contributed by atoms with Gasteiger partial charge in [0.25, 0.3) is 0 Å². The first-order chi connectivity index (χ1) is 11.0. The molecule has 0 aliphatic rings. The van der Waals surface area contributed by atoms with Crippen LogP contribution >= 0.6 is 11.6 Å². The highest BCUT2D eigenvalue weighted by Gasteiger charge is 2.13. The molecule has 0 radical (unpaired) electrons. The van der Waals surface area contributed by atoms with E-state index >= 15 is 0 Å². The summed E-state index contributed by atoms with van der Waals surface area (Å²) in [6.45, 7) is 0.356. The van der Waals surface area contributed by atoms with Crippen LogP contribution < -0.4 is 10.6 Å². The lowest BCUT2D eigenvalue weighted by Gasteiger charge is -2.09. The molecule has 0 unspecified atom stereocenters. The van der Waals surface area contributed by atoms with Gasteiger partial charge in [-0.15, -0.1) is 0 Å². The summed E-state index contributed by atoms with van der Waals surface area (Å²) in [6.07, 6.45) is 0.0445. The van der Waals surface area contributed by atoms with Gasteiger partial charge in [-0.1, -0.05) is 29.8 Å². The van der Waals surface area contributed by atoms with E-state index in [0.29, 0.717) is 5.02 Å². The number of anilines is 1. The standard InChI is InChI=1S/C16H14ClF3N2O/c17-11-4-2-1-3-10(11)9-22-14(23)7-8-21-13-6-5-12(18)15(19)16(13)20/h1-6,21H,7-9H2,(H,22,23). The van der Waals surface area contributed by atoms with E-state index in [-0.39, 0.29) is 31.1 Å². The molecule has 3 nitrogen and oxygen atoms in total. The molecule has 0 fully saturated rings. The Kier molecular flexibility index (Phi) is 5.87. The topological polar surface area (TPSA) is 41.1 Å². The molecular formula is C16H14ClF3N2O. The number of nitrogens with one attached hydrogen (secondary N) is 2. The second kappa shape index (κ2) is 7.87. The molecule has 0 aliphatic carbocycles. The number of carbonyl (C=O) groups excluding carboxylic acids is 1. The number of halogens is 4. The van der Waals surface area contributed by atoms with E-state index in [1.807, 2.05) is 0 Å². The lowest BCUT2D eigenvalue weighted by molar-refractivity contribution is -0.121. The van der Waals surface area contributed by atoms with Gasteiger partial charge in [0.05, 0.1) is 5.69 Å². The Morgan fingerprint density at radius 2 is 1.78 bits per heavy atom. The van der Waals surface area contributed by atoms with Crippen molar-refractivity contribution in [2.75, 3.05) is 11.9 Å². The first-order valence-electron chi connectivity index (χ1n) is 6.86. The van der Waals surface area contributed by atoms with Gasteiger partial charge in [-0.05, 0) is 23.8 Å². The molecule has 0 atom stereocenters. The van der Waals surface area contributed by atoms with Crippen LogP contribution in [0.25, 0.3) is 0 Å². The molecule has 2 aromatic rings. The summed E-state index contributed by atoms with van der Waals surface area (Å²) in [5, 5.41) is 5.77. The summed E-state index contributed by atoms with van der Waals surface area (Å²) >= 11 is 5.97. The van der Waals surface area contributed by atoms with E-state index < -0.39 is 17.5 Å². The molecule has 1 amide bonds. The monoisotopic (exact) mass is 342 g/mol. The molecule has 23 heavy (non-hydrogen) atoms. The van der Waals surface area contributed by atoms with Gasteiger partial charge in [-0.2, -0.15) is 0 Å². The zero-order valence-corrected chi connectivity index (χ0v) is 12.8. The molecule has 2 N–H and O–H groups in total. The van der Waals surface area contributed by atoms with Gasteiger partial charge in [0.2, 0.25) is 5.91 Å². The SMILES string of the molecule is O=C(CCNc1ccc(F)c(F)c1F)NCc1ccccc1Cl. The van der Waals surface area contributed by atoms with E-state index in [0.717, 1.165) is 17.7 Å². The van der Waals surface area contributed by atoms with Crippen molar-refractivity contribution >= 4 is 23.2 Å². The van der Waals surface area contributed by atoms with Crippen molar-refractivity contribution in [1.29, 1.82) is 0 Å². The number of rotatable bonds is 6. The highest BCUT2D eigenvalue weighted by molar-refractivity contribution is 6.31. The fourth-order valence-electron chi connectivity index (χ4n) is 1.90. The minimum Gasteiger partial charge on any atom is -0.382 e. The summed E-state index contributed by atoms with van der Waals surface area (Å²) in [4.78, 5) is 11.7. The van der Waals surface area contributed by atoms with Crippen LogP contribution in [-0.4, -0.2) is 12.5 Å². The van der Waals surface area contributed by atoms with Crippen LogP contribution in [0.4, 0.5) is 18.9 Å². The molecule has 0 saturated heterocycles. The van der Waals surface area contributed by atoms with E-state index in [1.54, 1.807) is 24.3 Å². The summed E-state index contributed by atoms with van der Waals surface area (Å²) in [6, 6.07) is 9.00. The average molecular weight is 343 g/mol. The molecule has 2 aromatic carbocycles. The molecule has 0 heterocycles. The molecule has 122 valence electrons. The third-order valence-electron chi connectivity index (χ3n) is 3.14. The summed E-state index contributed by atoms with van der Waals surface area (Å²) in [7, 11) is 0. The van der Waals surface area contributed by atoms with E-state index in [4.69, 9.17) is 11.6 Å². The van der Waals surface area contributed by atoms with Gasteiger partial charge in [-0.3, -0.25) is 4.79 Å². The number of carbonyl (C=O) groups is 1. The van der Waals surface area contributed by atoms with Gasteiger partial charge in [0.15, 0.2) is 17.5 Å². The molecule has 0 bridgehead atoms. The van der Waals surface area contributed by atoms with Gasteiger partial charge in [0, 0.05) is 24.5 Å². The summed E-state index contributed by atoms with van der Waals surface area (Å²) < 4.78 is 39.2. The maximum absolute atomic E-state index is 13.4. The van der Waals surface area contributed by atoms with Crippen LogP contribution in [0.3, 0.4) is 0 Å². The Bertz CT molecular complexity index is 710. The third kappa shape index (κ3) is 4.63. The predicted molar refractivity (Wildman–Crippen MR) is 82.7 cm³/mol. The minimum atomic E-state index is -1.54. The molecule has 0 saturated carbocycles. The number of amides is 1. The first kappa shape index (κ1) is 17.1. The van der Waals surface area contributed by atoms with E-state index in [1.165, 1.54) is 0 Å². The van der Waals surface area contributed by atoms with Crippen molar-refractivity contribution in [3.63, 3.8) is 0 Å². The van der Waals surface area contributed by atoms with Crippen molar-refractivity contribution in [1.82, 2.24) is 5.32 Å². The number of hydrogen-bond acceptors (Lipinski definition) is 2. The Labute approximate surface area is 136 Å². The van der Waals surface area contributed by atoms with Crippen LogP contribution in [0.5, 0.6) is 0 Å². The van der Waals surface area contributed by atoms with Gasteiger partial charge in [-0.25, -0.2) is 13.2 Å². The van der Waals surface area contributed by atoms with Crippen LogP contribution in [0.15, 0.2) is 36.4 Å². The Hall–Kier alpha value is -2.21. The fourth-order valence-corrected chi connectivity index (χ4v) is 2.10. The van der Waals surface area contributed by atoms with Crippen LogP contribution in [0.1, 0.15) is 12.0 Å². The number of benzene rings is 2.